The molecule has 0 atom stereocenters. The van der Waals surface area contributed by atoms with Gasteiger partial charge in [0.1, 0.15) is 5.54 Å². The molecule has 0 saturated carbocycles. The summed E-state index contributed by atoms with van der Waals surface area (Å²) in [6.45, 7) is 0.977. The lowest BCUT2D eigenvalue weighted by Gasteiger charge is -2.37. The average Bonchev–Trinajstić information content (AvgIpc) is 2.28. The van der Waals surface area contributed by atoms with Crippen LogP contribution in [0.1, 0.15) is 12.8 Å². The third-order valence-electron chi connectivity index (χ3n) is 2.90. The number of ether oxygens (including phenoxy) is 1. The number of carbonyl (C=O) groups excluding carboxylic acids is 2. The Balaban J connectivity index is 2.57. The summed E-state index contributed by atoms with van der Waals surface area (Å²) in [7, 11) is 4.73. The van der Waals surface area contributed by atoms with Gasteiger partial charge in [0, 0.05) is 27.2 Å². The summed E-state index contributed by atoms with van der Waals surface area (Å²) < 4.78 is 4.66. The molecule has 92 valence electrons. The fourth-order valence-electron chi connectivity index (χ4n) is 1.79. The number of esters is 1. The lowest BCUT2D eigenvalue weighted by Crippen LogP contribution is -2.58. The quantitative estimate of drug-likeness (QED) is 0.623. The monoisotopic (exact) mass is 229 g/mol. The second kappa shape index (κ2) is 4.69. The van der Waals surface area contributed by atoms with Crippen LogP contribution in [0.4, 0.5) is 4.79 Å². The van der Waals surface area contributed by atoms with Crippen LogP contribution in [0, 0.1) is 0 Å². The molecular weight excluding hydrogens is 210 g/mol. The third kappa shape index (κ3) is 2.44. The molecule has 0 aromatic rings. The van der Waals surface area contributed by atoms with Crippen molar-refractivity contribution in [2.45, 2.75) is 18.4 Å². The summed E-state index contributed by atoms with van der Waals surface area (Å²) in [5.41, 5.74) is 4.99. The van der Waals surface area contributed by atoms with Crippen LogP contribution in [0.15, 0.2) is 0 Å². The summed E-state index contributed by atoms with van der Waals surface area (Å²) in [6, 6.07) is -0.0492. The molecule has 1 heterocycles. The first-order chi connectivity index (χ1) is 7.40. The molecule has 0 radical (unpaired) electrons. The fraction of sp³-hybridized carbons (Fsp3) is 0.800. The van der Waals surface area contributed by atoms with E-state index in [1.54, 1.807) is 19.0 Å². The van der Waals surface area contributed by atoms with Crippen LogP contribution in [0.3, 0.4) is 0 Å². The van der Waals surface area contributed by atoms with Crippen molar-refractivity contribution >= 4 is 12.0 Å². The highest BCUT2D eigenvalue weighted by atomic mass is 16.5. The van der Waals surface area contributed by atoms with Crippen molar-refractivity contribution in [3.8, 4) is 0 Å². The maximum atomic E-state index is 11.6. The number of hydrogen-bond acceptors (Lipinski definition) is 4. The standard InChI is InChI=1S/C10H19N3O3/c1-12(2)9(15)13-6-4-10(11,5-7-13)8(14)16-3/h4-7,11H2,1-3H3. The van der Waals surface area contributed by atoms with Crippen molar-refractivity contribution in [1.29, 1.82) is 0 Å². The van der Waals surface area contributed by atoms with Gasteiger partial charge >= 0.3 is 12.0 Å². The average molecular weight is 229 g/mol. The van der Waals surface area contributed by atoms with Crippen LogP contribution >= 0.6 is 0 Å². The van der Waals surface area contributed by atoms with Crippen LogP contribution in [0.5, 0.6) is 0 Å². The minimum atomic E-state index is -0.933. The molecule has 0 aliphatic carbocycles. The Kier molecular flexibility index (Phi) is 3.74. The van der Waals surface area contributed by atoms with Gasteiger partial charge in [-0.1, -0.05) is 0 Å². The second-order valence-corrected chi connectivity index (χ2v) is 4.31. The van der Waals surface area contributed by atoms with Gasteiger partial charge in [0.25, 0.3) is 0 Å². The Morgan fingerprint density at radius 1 is 1.31 bits per heavy atom. The van der Waals surface area contributed by atoms with E-state index in [4.69, 9.17) is 5.73 Å². The van der Waals surface area contributed by atoms with Gasteiger partial charge in [-0.25, -0.2) is 4.79 Å². The molecule has 0 aromatic heterocycles. The number of rotatable bonds is 1. The zero-order valence-electron chi connectivity index (χ0n) is 10.0. The summed E-state index contributed by atoms with van der Waals surface area (Å²) in [6.07, 6.45) is 0.887. The Bertz CT molecular complexity index is 283. The van der Waals surface area contributed by atoms with Crippen LogP contribution in [0.2, 0.25) is 0 Å². The highest BCUT2D eigenvalue weighted by molar-refractivity contribution is 5.81. The van der Waals surface area contributed by atoms with E-state index in [2.05, 4.69) is 4.74 Å². The van der Waals surface area contributed by atoms with Crippen LogP contribution in [0.25, 0.3) is 0 Å². The lowest BCUT2D eigenvalue weighted by molar-refractivity contribution is -0.148. The Morgan fingerprint density at radius 3 is 2.19 bits per heavy atom. The summed E-state index contributed by atoms with van der Waals surface area (Å²) in [5.74, 6) is -0.399. The Labute approximate surface area is 95.3 Å². The molecule has 6 nitrogen and oxygen atoms in total. The minimum Gasteiger partial charge on any atom is -0.468 e. The molecule has 2 N–H and O–H groups in total. The molecule has 6 heteroatoms. The third-order valence-corrected chi connectivity index (χ3v) is 2.90. The predicted molar refractivity (Wildman–Crippen MR) is 58.8 cm³/mol. The number of amides is 2. The molecule has 1 fully saturated rings. The molecule has 0 aromatic carbocycles. The largest absolute Gasteiger partial charge is 0.468 e. The van der Waals surface area contributed by atoms with E-state index < -0.39 is 11.5 Å². The first kappa shape index (κ1) is 12.8. The Hall–Kier alpha value is -1.30. The highest BCUT2D eigenvalue weighted by Gasteiger charge is 2.39. The number of likely N-dealkylation sites (tertiary alicyclic amines) is 1. The molecule has 0 unspecified atom stereocenters. The van der Waals surface area contributed by atoms with Gasteiger partial charge < -0.3 is 20.3 Å². The lowest BCUT2D eigenvalue weighted by atomic mass is 9.89. The molecule has 1 saturated heterocycles. The van der Waals surface area contributed by atoms with Gasteiger partial charge in [0.2, 0.25) is 0 Å². The van der Waals surface area contributed by atoms with E-state index in [-0.39, 0.29) is 6.03 Å². The normalized spacial score (nSPS) is 19.1. The minimum absolute atomic E-state index is 0.0492. The predicted octanol–water partition coefficient (Wildman–Crippen LogP) is -0.366. The number of nitrogens with zero attached hydrogens (tertiary/aromatic N) is 2. The smallest absolute Gasteiger partial charge is 0.325 e. The van der Waals surface area contributed by atoms with Gasteiger partial charge in [0.05, 0.1) is 7.11 Å². The maximum absolute atomic E-state index is 11.6. The highest BCUT2D eigenvalue weighted by Crippen LogP contribution is 2.21. The number of methoxy groups -OCH3 is 1. The second-order valence-electron chi connectivity index (χ2n) is 4.31. The zero-order chi connectivity index (χ0) is 12.3. The van der Waals surface area contributed by atoms with Crippen molar-refractivity contribution in [1.82, 2.24) is 9.80 Å². The van der Waals surface area contributed by atoms with Crippen LogP contribution in [-0.4, -0.2) is 61.6 Å². The van der Waals surface area contributed by atoms with Crippen molar-refractivity contribution in [3.05, 3.63) is 0 Å². The zero-order valence-corrected chi connectivity index (χ0v) is 10.0. The fourth-order valence-corrected chi connectivity index (χ4v) is 1.79. The van der Waals surface area contributed by atoms with Crippen LogP contribution < -0.4 is 5.73 Å². The van der Waals surface area contributed by atoms with Gasteiger partial charge in [-0.3, -0.25) is 4.79 Å². The Morgan fingerprint density at radius 2 is 1.81 bits per heavy atom. The molecule has 1 rings (SSSR count). The number of nitrogens with two attached hydrogens (primary N) is 1. The molecule has 0 spiro atoms. The summed E-state index contributed by atoms with van der Waals surface area (Å²) in [5, 5.41) is 0. The van der Waals surface area contributed by atoms with Crippen molar-refractivity contribution in [2.75, 3.05) is 34.3 Å². The molecule has 2 amide bonds. The van der Waals surface area contributed by atoms with Gasteiger partial charge in [-0.2, -0.15) is 0 Å². The molecule has 0 bridgehead atoms. The topological polar surface area (TPSA) is 75.9 Å². The van der Waals surface area contributed by atoms with E-state index in [9.17, 15) is 9.59 Å². The first-order valence-corrected chi connectivity index (χ1v) is 5.24. The van der Waals surface area contributed by atoms with Crippen LogP contribution in [-0.2, 0) is 9.53 Å². The van der Waals surface area contributed by atoms with Crippen molar-refractivity contribution < 1.29 is 14.3 Å². The van der Waals surface area contributed by atoms with Crippen molar-refractivity contribution in [3.63, 3.8) is 0 Å². The van der Waals surface area contributed by atoms with Gasteiger partial charge in [-0.05, 0) is 12.8 Å². The van der Waals surface area contributed by atoms with E-state index >= 15 is 0 Å². The molecule has 16 heavy (non-hydrogen) atoms. The summed E-state index contributed by atoms with van der Waals surface area (Å²) >= 11 is 0. The maximum Gasteiger partial charge on any atom is 0.325 e. The van der Waals surface area contributed by atoms with Gasteiger partial charge in [-0.15, -0.1) is 0 Å². The molecule has 1 aliphatic rings. The van der Waals surface area contributed by atoms with E-state index in [0.717, 1.165) is 0 Å². The number of urea groups is 1. The first-order valence-electron chi connectivity index (χ1n) is 5.24. The van der Waals surface area contributed by atoms with E-state index in [1.807, 2.05) is 0 Å². The van der Waals surface area contributed by atoms with Gasteiger partial charge in [0.15, 0.2) is 0 Å². The van der Waals surface area contributed by atoms with E-state index in [1.165, 1.54) is 12.0 Å². The molecular formula is C10H19N3O3. The number of hydrogen-bond donors (Lipinski definition) is 1. The SMILES string of the molecule is COC(=O)C1(N)CCN(C(=O)N(C)C)CC1. The van der Waals surface area contributed by atoms with E-state index in [0.29, 0.717) is 25.9 Å². The van der Waals surface area contributed by atoms with Crippen molar-refractivity contribution in [2.24, 2.45) is 5.73 Å². The summed E-state index contributed by atoms with van der Waals surface area (Å²) in [4.78, 5) is 26.3. The number of piperidine rings is 1. The molecule has 1 aliphatic heterocycles. The number of carbonyl (C=O) groups is 2.